The highest BCUT2D eigenvalue weighted by atomic mass is 79.9. The number of rotatable bonds is 3. The minimum Gasteiger partial charge on any atom is -0.307 e. The first-order chi connectivity index (χ1) is 9.06. The molecule has 0 aliphatic carbocycles. The molecule has 1 N–H and O–H groups in total. The molecule has 19 heavy (non-hydrogen) atoms. The number of halogens is 1. The van der Waals surface area contributed by atoms with E-state index in [0.29, 0.717) is 17.3 Å². The minimum atomic E-state index is -0.148. The molecule has 98 valence electrons. The first kappa shape index (κ1) is 13.7. The molecule has 0 saturated carbocycles. The second kappa shape index (κ2) is 5.97. The standard InChI is InChI=1S/C15H15BrN2O/c1-10(2)11-3-5-12(6-4-11)15(19)18-14-8-7-13(16)9-17-14/h3-10H,1-2H3,(H,17,18,19). The first-order valence-corrected chi connectivity index (χ1v) is 6.88. The molecular formula is C15H15BrN2O. The van der Waals surface area contributed by atoms with Crippen molar-refractivity contribution in [1.29, 1.82) is 0 Å². The van der Waals surface area contributed by atoms with Gasteiger partial charge in [-0.15, -0.1) is 0 Å². The molecule has 4 heteroatoms. The number of carbonyl (C=O) groups excluding carboxylic acids is 1. The topological polar surface area (TPSA) is 42.0 Å². The number of amides is 1. The van der Waals surface area contributed by atoms with Gasteiger partial charge in [0.1, 0.15) is 5.82 Å². The smallest absolute Gasteiger partial charge is 0.256 e. The Morgan fingerprint density at radius 3 is 2.37 bits per heavy atom. The molecule has 0 spiro atoms. The summed E-state index contributed by atoms with van der Waals surface area (Å²) < 4.78 is 0.881. The molecule has 0 aliphatic heterocycles. The van der Waals surface area contributed by atoms with E-state index in [2.05, 4.69) is 40.1 Å². The van der Waals surface area contributed by atoms with E-state index in [-0.39, 0.29) is 5.91 Å². The molecule has 0 bridgehead atoms. The fourth-order valence-electron chi connectivity index (χ4n) is 1.66. The van der Waals surface area contributed by atoms with E-state index in [1.54, 1.807) is 12.3 Å². The van der Waals surface area contributed by atoms with Crippen LogP contribution in [0.5, 0.6) is 0 Å². The summed E-state index contributed by atoms with van der Waals surface area (Å²) >= 11 is 3.30. The highest BCUT2D eigenvalue weighted by molar-refractivity contribution is 9.10. The summed E-state index contributed by atoms with van der Waals surface area (Å²) in [5, 5.41) is 2.76. The molecule has 0 unspecified atom stereocenters. The van der Waals surface area contributed by atoms with Crippen molar-refractivity contribution in [2.75, 3.05) is 5.32 Å². The summed E-state index contributed by atoms with van der Waals surface area (Å²) in [4.78, 5) is 16.1. The van der Waals surface area contributed by atoms with Gasteiger partial charge in [0.25, 0.3) is 5.91 Å². The quantitative estimate of drug-likeness (QED) is 0.920. The molecule has 2 aromatic rings. The Morgan fingerprint density at radius 2 is 1.84 bits per heavy atom. The summed E-state index contributed by atoms with van der Waals surface area (Å²) in [5.41, 5.74) is 1.85. The number of nitrogens with one attached hydrogen (secondary N) is 1. The van der Waals surface area contributed by atoms with E-state index >= 15 is 0 Å². The van der Waals surface area contributed by atoms with Crippen LogP contribution in [0.1, 0.15) is 35.7 Å². The third-order valence-corrected chi connectivity index (χ3v) is 3.28. The molecule has 1 amide bonds. The van der Waals surface area contributed by atoms with E-state index in [4.69, 9.17) is 0 Å². The van der Waals surface area contributed by atoms with Gasteiger partial charge >= 0.3 is 0 Å². The fraction of sp³-hybridized carbons (Fsp3) is 0.200. The lowest BCUT2D eigenvalue weighted by molar-refractivity contribution is 0.102. The van der Waals surface area contributed by atoms with Crippen LogP contribution < -0.4 is 5.32 Å². The van der Waals surface area contributed by atoms with E-state index in [1.165, 1.54) is 5.56 Å². The van der Waals surface area contributed by atoms with E-state index in [0.717, 1.165) is 4.47 Å². The lowest BCUT2D eigenvalue weighted by atomic mass is 10.0. The van der Waals surface area contributed by atoms with E-state index in [9.17, 15) is 4.79 Å². The molecule has 0 atom stereocenters. The lowest BCUT2D eigenvalue weighted by Crippen LogP contribution is -2.12. The van der Waals surface area contributed by atoms with Crippen molar-refractivity contribution in [1.82, 2.24) is 4.98 Å². The Hall–Kier alpha value is -1.68. The fourth-order valence-corrected chi connectivity index (χ4v) is 1.89. The molecule has 0 radical (unpaired) electrons. The van der Waals surface area contributed by atoms with Crippen molar-refractivity contribution in [3.05, 3.63) is 58.2 Å². The number of aromatic nitrogens is 1. The number of carbonyl (C=O) groups is 1. The summed E-state index contributed by atoms with van der Waals surface area (Å²) in [6.45, 7) is 4.25. The average Bonchev–Trinajstić information content (AvgIpc) is 2.41. The van der Waals surface area contributed by atoms with Crippen molar-refractivity contribution in [2.45, 2.75) is 19.8 Å². The number of nitrogens with zero attached hydrogens (tertiary/aromatic N) is 1. The normalized spacial score (nSPS) is 10.5. The maximum atomic E-state index is 12.0. The van der Waals surface area contributed by atoms with Crippen molar-refractivity contribution < 1.29 is 4.79 Å². The molecule has 3 nitrogen and oxygen atoms in total. The monoisotopic (exact) mass is 318 g/mol. The minimum absolute atomic E-state index is 0.148. The molecule has 0 fully saturated rings. The molecule has 0 aliphatic rings. The van der Waals surface area contributed by atoms with Crippen LogP contribution in [0.4, 0.5) is 5.82 Å². The largest absolute Gasteiger partial charge is 0.307 e. The van der Waals surface area contributed by atoms with Crippen LogP contribution in [0, 0.1) is 0 Å². The summed E-state index contributed by atoms with van der Waals surface area (Å²) in [5.74, 6) is 0.858. The number of anilines is 1. The zero-order valence-corrected chi connectivity index (χ0v) is 12.4. The maximum absolute atomic E-state index is 12.0. The molecule has 0 saturated heterocycles. The van der Waals surface area contributed by atoms with Gasteiger partial charge in [0.15, 0.2) is 0 Å². The number of hydrogen-bond donors (Lipinski definition) is 1. The number of pyridine rings is 1. The van der Waals surface area contributed by atoms with Crippen LogP contribution in [0.2, 0.25) is 0 Å². The predicted molar refractivity (Wildman–Crippen MR) is 80.4 cm³/mol. The second-order valence-corrected chi connectivity index (χ2v) is 5.51. The Kier molecular flexibility index (Phi) is 4.32. The molecule has 1 aromatic carbocycles. The SMILES string of the molecule is CC(C)c1ccc(C(=O)Nc2ccc(Br)cn2)cc1. The second-order valence-electron chi connectivity index (χ2n) is 4.59. The van der Waals surface area contributed by atoms with Gasteiger partial charge in [-0.25, -0.2) is 4.98 Å². The summed E-state index contributed by atoms with van der Waals surface area (Å²) in [6.07, 6.45) is 1.65. The maximum Gasteiger partial charge on any atom is 0.256 e. The first-order valence-electron chi connectivity index (χ1n) is 6.09. The van der Waals surface area contributed by atoms with Crippen molar-refractivity contribution >= 4 is 27.7 Å². The van der Waals surface area contributed by atoms with Gasteiger partial charge in [-0.05, 0) is 51.7 Å². The molecular weight excluding hydrogens is 304 g/mol. The number of benzene rings is 1. The van der Waals surface area contributed by atoms with Gasteiger partial charge in [-0.2, -0.15) is 0 Å². The van der Waals surface area contributed by atoms with Gasteiger partial charge in [0.2, 0.25) is 0 Å². The highest BCUT2D eigenvalue weighted by Gasteiger charge is 2.07. The van der Waals surface area contributed by atoms with Crippen LogP contribution in [0.25, 0.3) is 0 Å². The number of hydrogen-bond acceptors (Lipinski definition) is 2. The van der Waals surface area contributed by atoms with Gasteiger partial charge in [-0.3, -0.25) is 4.79 Å². The van der Waals surface area contributed by atoms with Crippen molar-refractivity contribution in [3.63, 3.8) is 0 Å². The highest BCUT2D eigenvalue weighted by Crippen LogP contribution is 2.16. The molecule has 1 heterocycles. The predicted octanol–water partition coefficient (Wildman–Crippen LogP) is 4.22. The summed E-state index contributed by atoms with van der Waals surface area (Å²) in [6, 6.07) is 11.2. The third kappa shape index (κ3) is 3.64. The Labute approximate surface area is 121 Å². The Balaban J connectivity index is 2.09. The van der Waals surface area contributed by atoms with Gasteiger partial charge in [-0.1, -0.05) is 26.0 Å². The lowest BCUT2D eigenvalue weighted by Gasteiger charge is -2.07. The van der Waals surface area contributed by atoms with Crippen LogP contribution in [0.15, 0.2) is 47.1 Å². The van der Waals surface area contributed by atoms with Crippen LogP contribution in [-0.4, -0.2) is 10.9 Å². The van der Waals surface area contributed by atoms with Crippen molar-refractivity contribution in [2.24, 2.45) is 0 Å². The summed E-state index contributed by atoms with van der Waals surface area (Å²) in [7, 11) is 0. The third-order valence-electron chi connectivity index (χ3n) is 2.81. The zero-order valence-electron chi connectivity index (χ0n) is 10.9. The Morgan fingerprint density at radius 1 is 1.16 bits per heavy atom. The molecule has 2 rings (SSSR count). The average molecular weight is 319 g/mol. The molecule has 1 aromatic heterocycles. The van der Waals surface area contributed by atoms with Crippen molar-refractivity contribution in [3.8, 4) is 0 Å². The van der Waals surface area contributed by atoms with Gasteiger partial charge < -0.3 is 5.32 Å². The zero-order chi connectivity index (χ0) is 13.8. The van der Waals surface area contributed by atoms with Gasteiger partial charge in [0, 0.05) is 16.2 Å². The van der Waals surface area contributed by atoms with Crippen LogP contribution >= 0.6 is 15.9 Å². The van der Waals surface area contributed by atoms with Crippen LogP contribution in [-0.2, 0) is 0 Å². The van der Waals surface area contributed by atoms with Crippen LogP contribution in [0.3, 0.4) is 0 Å². The van der Waals surface area contributed by atoms with Gasteiger partial charge in [0.05, 0.1) is 0 Å². The Bertz CT molecular complexity index is 562. The van der Waals surface area contributed by atoms with E-state index < -0.39 is 0 Å². The van der Waals surface area contributed by atoms with E-state index in [1.807, 2.05) is 30.3 Å².